The third kappa shape index (κ3) is 6.31. The average Bonchev–Trinajstić information content (AvgIpc) is 3.03. The van der Waals surface area contributed by atoms with E-state index in [1.165, 1.54) is 0 Å². The summed E-state index contributed by atoms with van der Waals surface area (Å²) < 4.78 is 5.65. The average molecular weight is 542 g/mol. The molecular formula is C28H29Cl2N3O4. The Hall–Kier alpha value is -3.39. The molecule has 2 atom stereocenters. The summed E-state index contributed by atoms with van der Waals surface area (Å²) in [7, 11) is 0. The number of esters is 1. The van der Waals surface area contributed by atoms with Crippen LogP contribution in [0.15, 0.2) is 66.7 Å². The van der Waals surface area contributed by atoms with Gasteiger partial charge < -0.3 is 20.7 Å². The number of rotatable bonds is 5. The van der Waals surface area contributed by atoms with Crippen molar-refractivity contribution in [3.05, 3.63) is 94.0 Å². The fourth-order valence-corrected chi connectivity index (χ4v) is 4.50. The van der Waals surface area contributed by atoms with Crippen LogP contribution in [-0.4, -0.2) is 30.4 Å². The summed E-state index contributed by atoms with van der Waals surface area (Å²) in [4.78, 5) is 40.1. The van der Waals surface area contributed by atoms with E-state index in [-0.39, 0.29) is 29.2 Å². The number of aryl methyl sites for hydroxylation is 1. The van der Waals surface area contributed by atoms with Gasteiger partial charge in [-0.3, -0.25) is 14.4 Å². The van der Waals surface area contributed by atoms with E-state index in [0.717, 1.165) is 11.1 Å². The van der Waals surface area contributed by atoms with Gasteiger partial charge in [0.2, 0.25) is 0 Å². The lowest BCUT2D eigenvalue weighted by atomic mass is 10.0. The molecule has 9 heteroatoms. The molecule has 1 heterocycles. The van der Waals surface area contributed by atoms with Crippen LogP contribution in [0.4, 0.5) is 11.4 Å². The molecule has 2 amide bonds. The Morgan fingerprint density at radius 2 is 1.76 bits per heavy atom. The van der Waals surface area contributed by atoms with Crippen molar-refractivity contribution in [3.63, 3.8) is 0 Å². The molecule has 0 aromatic heterocycles. The van der Waals surface area contributed by atoms with E-state index in [1.54, 1.807) is 42.2 Å². The number of anilines is 2. The number of hydrogen-bond acceptors (Lipinski definition) is 5. The Labute approximate surface area is 227 Å². The Morgan fingerprint density at radius 3 is 2.46 bits per heavy atom. The molecule has 0 fully saturated rings. The SMILES string of the molecule is Cc1ccccc1C(=O)Nc1ccc(C(=O)N2CCCC(OC(=O)[C@H](C)N)c3ccccc32)c(Cl)c1.Cl. The zero-order valence-electron chi connectivity index (χ0n) is 20.6. The molecule has 0 bridgehead atoms. The highest BCUT2D eigenvalue weighted by Crippen LogP contribution is 2.37. The fourth-order valence-electron chi connectivity index (χ4n) is 4.24. The summed E-state index contributed by atoms with van der Waals surface area (Å²) in [5.41, 5.74) is 9.32. The van der Waals surface area contributed by atoms with Gasteiger partial charge in [-0.1, -0.05) is 48.0 Å². The van der Waals surface area contributed by atoms with E-state index < -0.39 is 18.1 Å². The number of hydrogen-bond donors (Lipinski definition) is 2. The molecule has 3 N–H and O–H groups in total. The lowest BCUT2D eigenvalue weighted by Gasteiger charge is -2.25. The zero-order valence-corrected chi connectivity index (χ0v) is 22.1. The first kappa shape index (κ1) is 28.2. The molecule has 7 nitrogen and oxygen atoms in total. The second kappa shape index (κ2) is 12.2. The van der Waals surface area contributed by atoms with Gasteiger partial charge in [-0.25, -0.2) is 0 Å². The molecule has 4 rings (SSSR count). The molecular weight excluding hydrogens is 513 g/mol. The van der Waals surface area contributed by atoms with Gasteiger partial charge >= 0.3 is 5.97 Å². The Kier molecular flexibility index (Phi) is 9.32. The molecule has 1 aliphatic rings. The number of carbonyl (C=O) groups is 3. The number of halogens is 2. The first-order valence-corrected chi connectivity index (χ1v) is 12.2. The van der Waals surface area contributed by atoms with Gasteiger partial charge in [0.05, 0.1) is 16.3 Å². The minimum absolute atomic E-state index is 0. The molecule has 0 aliphatic carbocycles. The van der Waals surface area contributed by atoms with Crippen LogP contribution in [0.25, 0.3) is 0 Å². The number of nitrogens with zero attached hydrogens (tertiary/aromatic N) is 1. The fraction of sp³-hybridized carbons (Fsp3) is 0.250. The largest absolute Gasteiger partial charge is 0.456 e. The molecule has 0 saturated heterocycles. The van der Waals surface area contributed by atoms with Gasteiger partial charge in [0.15, 0.2) is 0 Å². The van der Waals surface area contributed by atoms with E-state index >= 15 is 0 Å². The number of para-hydroxylation sites is 1. The van der Waals surface area contributed by atoms with Crippen LogP contribution in [0, 0.1) is 6.92 Å². The number of fused-ring (bicyclic) bond motifs is 1. The predicted molar refractivity (Wildman–Crippen MR) is 148 cm³/mol. The lowest BCUT2D eigenvalue weighted by Crippen LogP contribution is -2.32. The summed E-state index contributed by atoms with van der Waals surface area (Å²) in [6.07, 6.45) is 0.697. The van der Waals surface area contributed by atoms with E-state index in [4.69, 9.17) is 22.1 Å². The summed E-state index contributed by atoms with van der Waals surface area (Å²) in [5, 5.41) is 3.06. The van der Waals surface area contributed by atoms with Crippen molar-refractivity contribution in [2.75, 3.05) is 16.8 Å². The normalized spacial score (nSPS) is 15.5. The van der Waals surface area contributed by atoms with Crippen LogP contribution in [0.5, 0.6) is 0 Å². The molecule has 0 radical (unpaired) electrons. The van der Waals surface area contributed by atoms with Gasteiger partial charge in [0, 0.05) is 23.4 Å². The third-order valence-corrected chi connectivity index (χ3v) is 6.46. The second-order valence-corrected chi connectivity index (χ2v) is 9.24. The molecule has 0 saturated carbocycles. The van der Waals surface area contributed by atoms with E-state index in [1.807, 2.05) is 43.3 Å². The number of nitrogens with two attached hydrogens (primary N) is 1. The van der Waals surface area contributed by atoms with Crippen molar-refractivity contribution in [1.82, 2.24) is 0 Å². The van der Waals surface area contributed by atoms with Crippen molar-refractivity contribution in [1.29, 1.82) is 0 Å². The van der Waals surface area contributed by atoms with Crippen LogP contribution >= 0.6 is 24.0 Å². The Bertz CT molecular complexity index is 1310. The third-order valence-electron chi connectivity index (χ3n) is 6.14. The molecule has 3 aromatic rings. The molecule has 37 heavy (non-hydrogen) atoms. The molecule has 3 aromatic carbocycles. The number of amides is 2. The van der Waals surface area contributed by atoms with Gasteiger partial charge in [0.25, 0.3) is 11.8 Å². The van der Waals surface area contributed by atoms with Gasteiger partial charge in [0.1, 0.15) is 12.1 Å². The number of ether oxygens (including phenoxy) is 1. The maximum absolute atomic E-state index is 13.6. The van der Waals surface area contributed by atoms with Crippen molar-refractivity contribution in [3.8, 4) is 0 Å². The summed E-state index contributed by atoms with van der Waals surface area (Å²) in [6, 6.07) is 18.8. The van der Waals surface area contributed by atoms with Crippen molar-refractivity contribution < 1.29 is 19.1 Å². The minimum Gasteiger partial charge on any atom is -0.456 e. The lowest BCUT2D eigenvalue weighted by molar-refractivity contribution is -0.150. The minimum atomic E-state index is -0.734. The predicted octanol–water partition coefficient (Wildman–Crippen LogP) is 5.69. The van der Waals surface area contributed by atoms with Crippen LogP contribution in [0.2, 0.25) is 5.02 Å². The van der Waals surface area contributed by atoms with Gasteiger partial charge in [-0.05, 0) is 62.6 Å². The topological polar surface area (TPSA) is 102 Å². The van der Waals surface area contributed by atoms with E-state index in [9.17, 15) is 14.4 Å². The van der Waals surface area contributed by atoms with Crippen molar-refractivity contribution >= 4 is 53.2 Å². The summed E-state index contributed by atoms with van der Waals surface area (Å²) >= 11 is 6.52. The standard InChI is InChI=1S/C28H28ClN3O4.ClH/c1-17-8-3-4-9-20(17)26(33)31-19-13-14-21(23(29)16-19)27(34)32-15-7-12-25(36-28(35)18(2)30)22-10-5-6-11-24(22)32;/h3-6,8-11,13-14,16,18,25H,7,12,15,30H2,1-2H3,(H,31,33);1H/t18-,25?;/m0./s1. The Morgan fingerprint density at radius 1 is 1.05 bits per heavy atom. The van der Waals surface area contributed by atoms with Crippen molar-refractivity contribution in [2.24, 2.45) is 5.73 Å². The summed E-state index contributed by atoms with van der Waals surface area (Å²) in [6.45, 7) is 3.88. The van der Waals surface area contributed by atoms with E-state index in [2.05, 4.69) is 5.32 Å². The number of carbonyl (C=O) groups excluding carboxylic acids is 3. The van der Waals surface area contributed by atoms with Gasteiger partial charge in [-0.15, -0.1) is 12.4 Å². The van der Waals surface area contributed by atoms with Gasteiger partial charge in [-0.2, -0.15) is 0 Å². The second-order valence-electron chi connectivity index (χ2n) is 8.84. The number of benzene rings is 3. The molecule has 1 aliphatic heterocycles. The zero-order chi connectivity index (χ0) is 25.8. The smallest absolute Gasteiger partial charge is 0.323 e. The highest BCUT2D eigenvalue weighted by molar-refractivity contribution is 6.35. The Balaban J connectivity index is 0.00000380. The number of nitrogens with one attached hydrogen (secondary N) is 1. The summed E-state index contributed by atoms with van der Waals surface area (Å²) in [5.74, 6) is -1.01. The van der Waals surface area contributed by atoms with Crippen LogP contribution in [0.3, 0.4) is 0 Å². The van der Waals surface area contributed by atoms with Crippen LogP contribution in [-0.2, 0) is 9.53 Å². The van der Waals surface area contributed by atoms with Crippen molar-refractivity contribution in [2.45, 2.75) is 38.8 Å². The van der Waals surface area contributed by atoms with E-state index in [0.29, 0.717) is 41.9 Å². The molecule has 0 spiro atoms. The monoisotopic (exact) mass is 541 g/mol. The molecule has 1 unspecified atom stereocenters. The van der Waals surface area contributed by atoms with Crippen LogP contribution < -0.4 is 16.0 Å². The molecule has 194 valence electrons. The maximum Gasteiger partial charge on any atom is 0.323 e. The first-order valence-electron chi connectivity index (χ1n) is 11.8. The quantitative estimate of drug-likeness (QED) is 0.403. The first-order chi connectivity index (χ1) is 17.3. The van der Waals surface area contributed by atoms with Crippen LogP contribution in [0.1, 0.15) is 57.7 Å². The highest BCUT2D eigenvalue weighted by Gasteiger charge is 2.30. The highest BCUT2D eigenvalue weighted by atomic mass is 35.5. The maximum atomic E-state index is 13.6.